The Morgan fingerprint density at radius 2 is 2.06 bits per heavy atom. The van der Waals surface area contributed by atoms with E-state index in [-0.39, 0.29) is 0 Å². The summed E-state index contributed by atoms with van der Waals surface area (Å²) in [6.07, 6.45) is 3.27. The Balaban J connectivity index is 2.35. The van der Waals surface area contributed by atoms with Gasteiger partial charge in [0.25, 0.3) is 0 Å². The zero-order valence-electron chi connectivity index (χ0n) is 10.5. The van der Waals surface area contributed by atoms with Gasteiger partial charge < -0.3 is 5.73 Å². The summed E-state index contributed by atoms with van der Waals surface area (Å²) in [7, 11) is 1.88. The van der Waals surface area contributed by atoms with E-state index < -0.39 is 0 Å². The molecule has 0 aliphatic carbocycles. The standard InChI is InChI=1S/C11H18N6/c1-4-8-11(12)9(5-2)17(15-8)6-10-13-7-14-16(10)3/h7H,4-6,12H2,1-3H3. The van der Waals surface area contributed by atoms with Crippen LogP contribution < -0.4 is 5.73 Å². The van der Waals surface area contributed by atoms with Crippen LogP contribution >= 0.6 is 0 Å². The maximum absolute atomic E-state index is 6.07. The summed E-state index contributed by atoms with van der Waals surface area (Å²) in [5.74, 6) is 0.879. The number of rotatable bonds is 4. The first-order chi connectivity index (χ1) is 8.17. The van der Waals surface area contributed by atoms with Gasteiger partial charge in [0.2, 0.25) is 0 Å². The van der Waals surface area contributed by atoms with E-state index in [9.17, 15) is 0 Å². The van der Waals surface area contributed by atoms with Crippen LogP contribution in [0, 0.1) is 0 Å². The van der Waals surface area contributed by atoms with Crippen LogP contribution in [0.4, 0.5) is 5.69 Å². The molecular weight excluding hydrogens is 216 g/mol. The van der Waals surface area contributed by atoms with Crippen molar-refractivity contribution >= 4 is 5.69 Å². The summed E-state index contributed by atoms with van der Waals surface area (Å²) in [5.41, 5.74) is 8.92. The lowest BCUT2D eigenvalue weighted by Gasteiger charge is -2.05. The van der Waals surface area contributed by atoms with Gasteiger partial charge in [0.1, 0.15) is 18.7 Å². The van der Waals surface area contributed by atoms with Crippen molar-refractivity contribution in [3.63, 3.8) is 0 Å². The number of hydrogen-bond donors (Lipinski definition) is 1. The highest BCUT2D eigenvalue weighted by Crippen LogP contribution is 2.19. The van der Waals surface area contributed by atoms with Gasteiger partial charge >= 0.3 is 0 Å². The third kappa shape index (κ3) is 2.02. The van der Waals surface area contributed by atoms with Gasteiger partial charge in [0, 0.05) is 7.05 Å². The average molecular weight is 234 g/mol. The molecule has 0 fully saturated rings. The highest BCUT2D eigenvalue weighted by Gasteiger charge is 2.14. The van der Waals surface area contributed by atoms with Crippen LogP contribution in [0.2, 0.25) is 0 Å². The van der Waals surface area contributed by atoms with E-state index in [0.717, 1.165) is 35.7 Å². The molecule has 0 saturated carbocycles. The van der Waals surface area contributed by atoms with Crippen LogP contribution in [0.1, 0.15) is 31.1 Å². The van der Waals surface area contributed by atoms with Crippen molar-refractivity contribution in [1.29, 1.82) is 0 Å². The third-order valence-electron chi connectivity index (χ3n) is 2.94. The average Bonchev–Trinajstić information content (AvgIpc) is 2.84. The van der Waals surface area contributed by atoms with Crippen molar-refractivity contribution in [2.24, 2.45) is 7.05 Å². The minimum absolute atomic E-state index is 0.615. The second-order valence-electron chi connectivity index (χ2n) is 3.97. The normalized spacial score (nSPS) is 11.0. The van der Waals surface area contributed by atoms with Gasteiger partial charge in [-0.2, -0.15) is 10.2 Å². The predicted molar refractivity (Wildman–Crippen MR) is 65.5 cm³/mol. The number of nitrogens with zero attached hydrogens (tertiary/aromatic N) is 5. The number of nitrogens with two attached hydrogens (primary N) is 1. The molecule has 0 atom stereocenters. The Morgan fingerprint density at radius 3 is 2.59 bits per heavy atom. The summed E-state index contributed by atoms with van der Waals surface area (Å²) in [4.78, 5) is 4.20. The van der Waals surface area contributed by atoms with E-state index in [1.54, 1.807) is 11.0 Å². The smallest absolute Gasteiger partial charge is 0.148 e. The Bertz CT molecular complexity index is 510. The van der Waals surface area contributed by atoms with E-state index in [2.05, 4.69) is 29.0 Å². The molecule has 0 radical (unpaired) electrons. The lowest BCUT2D eigenvalue weighted by molar-refractivity contribution is 0.583. The molecule has 0 amide bonds. The lowest BCUT2D eigenvalue weighted by atomic mass is 10.2. The molecule has 17 heavy (non-hydrogen) atoms. The molecule has 6 heteroatoms. The molecular formula is C11H18N6. The molecule has 0 aromatic carbocycles. The highest BCUT2D eigenvalue weighted by atomic mass is 15.4. The zero-order chi connectivity index (χ0) is 12.4. The number of aromatic nitrogens is 5. The third-order valence-corrected chi connectivity index (χ3v) is 2.94. The molecule has 0 spiro atoms. The van der Waals surface area contributed by atoms with Crippen LogP contribution in [-0.2, 0) is 26.4 Å². The van der Waals surface area contributed by atoms with E-state index in [4.69, 9.17) is 5.73 Å². The maximum atomic E-state index is 6.07. The summed E-state index contributed by atoms with van der Waals surface area (Å²) in [6, 6.07) is 0. The number of aryl methyl sites for hydroxylation is 2. The molecule has 6 nitrogen and oxygen atoms in total. The molecule has 2 rings (SSSR count). The fourth-order valence-corrected chi connectivity index (χ4v) is 1.93. The summed E-state index contributed by atoms with van der Waals surface area (Å²) in [6.45, 7) is 4.76. The van der Waals surface area contributed by atoms with Gasteiger partial charge in [-0.1, -0.05) is 13.8 Å². The van der Waals surface area contributed by atoms with E-state index >= 15 is 0 Å². The zero-order valence-corrected chi connectivity index (χ0v) is 10.5. The molecule has 2 aromatic rings. The molecule has 92 valence electrons. The largest absolute Gasteiger partial charge is 0.396 e. The quantitative estimate of drug-likeness (QED) is 0.847. The second kappa shape index (κ2) is 4.57. The van der Waals surface area contributed by atoms with Crippen molar-refractivity contribution in [1.82, 2.24) is 24.5 Å². The van der Waals surface area contributed by atoms with Crippen molar-refractivity contribution in [3.8, 4) is 0 Å². The molecule has 2 heterocycles. The fourth-order valence-electron chi connectivity index (χ4n) is 1.93. The summed E-state index contributed by atoms with van der Waals surface area (Å²) in [5, 5.41) is 8.58. The monoisotopic (exact) mass is 234 g/mol. The molecule has 0 bridgehead atoms. The Labute approximate surface area is 100 Å². The highest BCUT2D eigenvalue weighted by molar-refractivity contribution is 5.48. The second-order valence-corrected chi connectivity index (χ2v) is 3.97. The van der Waals surface area contributed by atoms with Crippen molar-refractivity contribution in [2.75, 3.05) is 5.73 Å². The van der Waals surface area contributed by atoms with Gasteiger partial charge in [-0.3, -0.25) is 9.36 Å². The van der Waals surface area contributed by atoms with Crippen LogP contribution in [0.5, 0.6) is 0 Å². The van der Waals surface area contributed by atoms with Gasteiger partial charge in [0.05, 0.1) is 17.1 Å². The molecule has 0 aliphatic rings. The Morgan fingerprint density at radius 1 is 1.29 bits per heavy atom. The maximum Gasteiger partial charge on any atom is 0.148 e. The summed E-state index contributed by atoms with van der Waals surface area (Å²) >= 11 is 0. The first-order valence-corrected chi connectivity index (χ1v) is 5.84. The Hall–Kier alpha value is -1.85. The summed E-state index contributed by atoms with van der Waals surface area (Å²) < 4.78 is 3.68. The van der Waals surface area contributed by atoms with Gasteiger partial charge in [-0.25, -0.2) is 4.98 Å². The number of hydrogen-bond acceptors (Lipinski definition) is 4. The van der Waals surface area contributed by atoms with Gasteiger partial charge in [0.15, 0.2) is 0 Å². The number of nitrogen functional groups attached to an aromatic ring is 1. The van der Waals surface area contributed by atoms with E-state index in [1.165, 1.54) is 0 Å². The van der Waals surface area contributed by atoms with Gasteiger partial charge in [-0.05, 0) is 12.8 Å². The Kier molecular flexibility index (Phi) is 3.12. The fraction of sp³-hybridized carbons (Fsp3) is 0.545. The van der Waals surface area contributed by atoms with Crippen LogP contribution in [0.3, 0.4) is 0 Å². The SMILES string of the molecule is CCc1nn(Cc2ncnn2C)c(CC)c1N. The van der Waals surface area contributed by atoms with Crippen LogP contribution in [0.15, 0.2) is 6.33 Å². The molecule has 0 unspecified atom stereocenters. The number of anilines is 1. The molecule has 2 N–H and O–H groups in total. The van der Waals surface area contributed by atoms with Crippen LogP contribution in [0.25, 0.3) is 0 Å². The van der Waals surface area contributed by atoms with Crippen molar-refractivity contribution < 1.29 is 0 Å². The van der Waals surface area contributed by atoms with Crippen molar-refractivity contribution in [3.05, 3.63) is 23.5 Å². The first kappa shape index (κ1) is 11.6. The topological polar surface area (TPSA) is 74.5 Å². The van der Waals surface area contributed by atoms with E-state index in [0.29, 0.717) is 6.54 Å². The first-order valence-electron chi connectivity index (χ1n) is 5.84. The molecule has 0 aliphatic heterocycles. The molecule has 2 aromatic heterocycles. The van der Waals surface area contributed by atoms with E-state index in [1.807, 2.05) is 11.7 Å². The van der Waals surface area contributed by atoms with Crippen LogP contribution in [-0.4, -0.2) is 24.5 Å². The minimum atomic E-state index is 0.615. The minimum Gasteiger partial charge on any atom is -0.396 e. The predicted octanol–water partition coefficient (Wildman–Crippen LogP) is 0.767. The molecule has 0 saturated heterocycles. The van der Waals surface area contributed by atoms with Gasteiger partial charge in [-0.15, -0.1) is 0 Å². The lowest BCUT2D eigenvalue weighted by Crippen LogP contribution is -2.11. The van der Waals surface area contributed by atoms with Crippen molar-refractivity contribution in [2.45, 2.75) is 33.2 Å².